The van der Waals surface area contributed by atoms with Crippen molar-refractivity contribution in [3.05, 3.63) is 45.9 Å². The zero-order valence-electron chi connectivity index (χ0n) is 11.6. The van der Waals surface area contributed by atoms with E-state index in [1.807, 2.05) is 24.4 Å². The molecular weight excluding hydrogens is 294 g/mol. The quantitative estimate of drug-likeness (QED) is 0.718. The van der Waals surface area contributed by atoms with Gasteiger partial charge in [-0.05, 0) is 31.0 Å². The standard InChI is InChI=1S/C15H18ClNO2S/c1-11(15-17-13(9-16)10-20-15)19-14-5-3-12(4-6-14)7-8-18-2/h3-6,10-11H,7-9H2,1-2H3. The summed E-state index contributed by atoms with van der Waals surface area (Å²) in [5, 5.41) is 2.92. The van der Waals surface area contributed by atoms with Gasteiger partial charge in [-0.25, -0.2) is 4.98 Å². The molecule has 108 valence electrons. The number of ether oxygens (including phenoxy) is 2. The van der Waals surface area contributed by atoms with E-state index in [0.717, 1.165) is 29.5 Å². The smallest absolute Gasteiger partial charge is 0.147 e. The van der Waals surface area contributed by atoms with E-state index in [1.54, 1.807) is 18.4 Å². The fourth-order valence-electron chi connectivity index (χ4n) is 1.78. The maximum atomic E-state index is 5.89. The summed E-state index contributed by atoms with van der Waals surface area (Å²) in [6.07, 6.45) is 0.847. The van der Waals surface area contributed by atoms with Gasteiger partial charge in [0.1, 0.15) is 16.9 Å². The van der Waals surface area contributed by atoms with Gasteiger partial charge in [-0.1, -0.05) is 12.1 Å². The van der Waals surface area contributed by atoms with Gasteiger partial charge in [-0.3, -0.25) is 0 Å². The molecule has 1 unspecified atom stereocenters. The minimum atomic E-state index is -0.0678. The van der Waals surface area contributed by atoms with Crippen LogP contribution in [0.25, 0.3) is 0 Å². The molecule has 0 amide bonds. The summed E-state index contributed by atoms with van der Waals surface area (Å²) < 4.78 is 11.0. The molecule has 0 saturated heterocycles. The third-order valence-electron chi connectivity index (χ3n) is 2.89. The van der Waals surface area contributed by atoms with Gasteiger partial charge in [0.25, 0.3) is 0 Å². The number of alkyl halides is 1. The van der Waals surface area contributed by atoms with Crippen LogP contribution in [0.4, 0.5) is 0 Å². The lowest BCUT2D eigenvalue weighted by molar-refractivity contribution is 0.202. The number of rotatable bonds is 7. The Balaban J connectivity index is 1.95. The van der Waals surface area contributed by atoms with Crippen molar-refractivity contribution in [1.29, 1.82) is 0 Å². The van der Waals surface area contributed by atoms with Crippen LogP contribution in [0, 0.1) is 0 Å². The molecule has 2 aromatic rings. The Bertz CT molecular complexity index is 527. The summed E-state index contributed by atoms with van der Waals surface area (Å²) in [6.45, 7) is 2.73. The third kappa shape index (κ3) is 4.20. The number of halogens is 1. The molecule has 0 aliphatic heterocycles. The minimum Gasteiger partial charge on any atom is -0.484 e. The zero-order chi connectivity index (χ0) is 14.4. The molecule has 3 nitrogen and oxygen atoms in total. The summed E-state index contributed by atoms with van der Waals surface area (Å²) >= 11 is 7.34. The van der Waals surface area contributed by atoms with Crippen molar-refractivity contribution >= 4 is 22.9 Å². The predicted molar refractivity (Wildman–Crippen MR) is 82.7 cm³/mol. The summed E-state index contributed by atoms with van der Waals surface area (Å²) in [7, 11) is 1.71. The predicted octanol–water partition coefficient (Wildman–Crippen LogP) is 4.21. The SMILES string of the molecule is COCCc1ccc(OC(C)c2nc(CCl)cs2)cc1. The Labute approximate surface area is 128 Å². The second-order valence-corrected chi connectivity index (χ2v) is 5.61. The summed E-state index contributed by atoms with van der Waals surface area (Å²) in [5.41, 5.74) is 2.14. The van der Waals surface area contributed by atoms with Crippen LogP contribution < -0.4 is 4.74 Å². The fraction of sp³-hybridized carbons (Fsp3) is 0.400. The molecule has 5 heteroatoms. The summed E-state index contributed by atoms with van der Waals surface area (Å²) in [6, 6.07) is 8.09. The number of thiazole rings is 1. The molecular formula is C15H18ClNO2S. The molecule has 0 N–H and O–H groups in total. The van der Waals surface area contributed by atoms with Crippen molar-refractivity contribution in [3.63, 3.8) is 0 Å². The molecule has 0 spiro atoms. The van der Waals surface area contributed by atoms with Gasteiger partial charge in [0.2, 0.25) is 0 Å². The highest BCUT2D eigenvalue weighted by molar-refractivity contribution is 7.09. The summed E-state index contributed by atoms with van der Waals surface area (Å²) in [5.74, 6) is 1.29. The van der Waals surface area contributed by atoms with Crippen molar-refractivity contribution < 1.29 is 9.47 Å². The van der Waals surface area contributed by atoms with E-state index in [-0.39, 0.29) is 6.10 Å². The van der Waals surface area contributed by atoms with E-state index in [4.69, 9.17) is 21.1 Å². The monoisotopic (exact) mass is 311 g/mol. The van der Waals surface area contributed by atoms with E-state index in [1.165, 1.54) is 5.56 Å². The van der Waals surface area contributed by atoms with Gasteiger partial charge < -0.3 is 9.47 Å². The molecule has 1 atom stereocenters. The molecule has 0 radical (unpaired) electrons. The van der Waals surface area contributed by atoms with Crippen LogP contribution in [0.15, 0.2) is 29.6 Å². The molecule has 20 heavy (non-hydrogen) atoms. The zero-order valence-corrected chi connectivity index (χ0v) is 13.2. The lowest BCUT2D eigenvalue weighted by atomic mass is 10.1. The van der Waals surface area contributed by atoms with Crippen molar-refractivity contribution in [2.75, 3.05) is 13.7 Å². The van der Waals surface area contributed by atoms with Gasteiger partial charge in [0.05, 0.1) is 18.2 Å². The first-order valence-corrected chi connectivity index (χ1v) is 7.89. The van der Waals surface area contributed by atoms with E-state index < -0.39 is 0 Å². The molecule has 0 aliphatic rings. The van der Waals surface area contributed by atoms with Crippen LogP contribution >= 0.6 is 22.9 Å². The molecule has 0 aliphatic carbocycles. The lowest BCUT2D eigenvalue weighted by Crippen LogP contribution is -2.03. The molecule has 1 heterocycles. The number of hydrogen-bond acceptors (Lipinski definition) is 4. The Kier molecular flexibility index (Phi) is 5.83. The fourth-order valence-corrected chi connectivity index (χ4v) is 2.81. The first-order valence-electron chi connectivity index (χ1n) is 6.47. The van der Waals surface area contributed by atoms with E-state index >= 15 is 0 Å². The molecule has 1 aromatic heterocycles. The van der Waals surface area contributed by atoms with Crippen LogP contribution in [0.2, 0.25) is 0 Å². The molecule has 2 rings (SSSR count). The highest BCUT2D eigenvalue weighted by Crippen LogP contribution is 2.25. The summed E-state index contributed by atoms with van der Waals surface area (Å²) in [4.78, 5) is 4.43. The van der Waals surface area contributed by atoms with Crippen molar-refractivity contribution in [2.45, 2.75) is 25.3 Å². The van der Waals surface area contributed by atoms with Crippen LogP contribution in [-0.4, -0.2) is 18.7 Å². The number of methoxy groups -OCH3 is 1. The lowest BCUT2D eigenvalue weighted by Gasteiger charge is -2.12. The van der Waals surface area contributed by atoms with E-state index in [0.29, 0.717) is 5.88 Å². The Morgan fingerprint density at radius 1 is 1.30 bits per heavy atom. The number of benzene rings is 1. The Morgan fingerprint density at radius 3 is 2.65 bits per heavy atom. The minimum absolute atomic E-state index is 0.0678. The number of nitrogens with zero attached hydrogens (tertiary/aromatic N) is 1. The van der Waals surface area contributed by atoms with Crippen molar-refractivity contribution in [2.24, 2.45) is 0 Å². The average molecular weight is 312 g/mol. The highest BCUT2D eigenvalue weighted by atomic mass is 35.5. The normalized spacial score (nSPS) is 12.3. The van der Waals surface area contributed by atoms with Gasteiger partial charge in [-0.15, -0.1) is 22.9 Å². The average Bonchev–Trinajstić information content (AvgIpc) is 2.95. The van der Waals surface area contributed by atoms with Crippen LogP contribution in [-0.2, 0) is 17.0 Å². The first kappa shape index (κ1) is 15.3. The highest BCUT2D eigenvalue weighted by Gasteiger charge is 2.12. The topological polar surface area (TPSA) is 31.4 Å². The van der Waals surface area contributed by atoms with Crippen LogP contribution in [0.5, 0.6) is 5.75 Å². The second kappa shape index (κ2) is 7.62. The second-order valence-electron chi connectivity index (χ2n) is 4.46. The molecule has 1 aromatic carbocycles. The van der Waals surface area contributed by atoms with Gasteiger partial charge in [-0.2, -0.15) is 0 Å². The first-order chi connectivity index (χ1) is 9.72. The van der Waals surface area contributed by atoms with Gasteiger partial charge in [0, 0.05) is 12.5 Å². The molecule has 0 fully saturated rings. The van der Waals surface area contributed by atoms with Crippen LogP contribution in [0.1, 0.15) is 29.3 Å². The van der Waals surface area contributed by atoms with E-state index in [2.05, 4.69) is 17.1 Å². The molecule has 0 bridgehead atoms. The van der Waals surface area contributed by atoms with Gasteiger partial charge >= 0.3 is 0 Å². The number of hydrogen-bond donors (Lipinski definition) is 0. The Hall–Kier alpha value is -1.10. The van der Waals surface area contributed by atoms with Crippen molar-refractivity contribution in [3.8, 4) is 5.75 Å². The van der Waals surface area contributed by atoms with Gasteiger partial charge in [0.15, 0.2) is 0 Å². The van der Waals surface area contributed by atoms with Crippen molar-refractivity contribution in [1.82, 2.24) is 4.98 Å². The maximum absolute atomic E-state index is 5.89. The largest absolute Gasteiger partial charge is 0.484 e. The number of aromatic nitrogens is 1. The maximum Gasteiger partial charge on any atom is 0.147 e. The molecule has 0 saturated carbocycles. The van der Waals surface area contributed by atoms with E-state index in [9.17, 15) is 0 Å². The third-order valence-corrected chi connectivity index (χ3v) is 4.21. The van der Waals surface area contributed by atoms with Crippen LogP contribution in [0.3, 0.4) is 0 Å². The Morgan fingerprint density at radius 2 is 2.05 bits per heavy atom.